The Labute approximate surface area is 158 Å². The molecule has 0 bridgehead atoms. The highest BCUT2D eigenvalue weighted by molar-refractivity contribution is 14.0. The van der Waals surface area contributed by atoms with Gasteiger partial charge in [0.2, 0.25) is 0 Å². The van der Waals surface area contributed by atoms with Crippen molar-refractivity contribution in [3.8, 4) is 0 Å². The van der Waals surface area contributed by atoms with Gasteiger partial charge in [0, 0.05) is 26.2 Å². The molecule has 1 aliphatic carbocycles. The molecule has 1 atom stereocenters. The smallest absolute Gasteiger partial charge is 0.191 e. The summed E-state index contributed by atoms with van der Waals surface area (Å²) in [5.74, 6) is 0.871. The zero-order valence-electron chi connectivity index (χ0n) is 14.6. The van der Waals surface area contributed by atoms with Gasteiger partial charge in [0.05, 0.1) is 6.04 Å². The van der Waals surface area contributed by atoms with Crippen molar-refractivity contribution in [1.29, 1.82) is 0 Å². The van der Waals surface area contributed by atoms with Gasteiger partial charge in [-0.05, 0) is 32.4 Å². The van der Waals surface area contributed by atoms with E-state index in [9.17, 15) is 0 Å². The van der Waals surface area contributed by atoms with Gasteiger partial charge in [-0.15, -0.1) is 24.0 Å². The molecule has 2 N–H and O–H groups in total. The normalized spacial score (nSPS) is 17.0. The third-order valence-electron chi connectivity index (χ3n) is 4.58. The maximum atomic E-state index is 4.32. The van der Waals surface area contributed by atoms with Gasteiger partial charge in [0.25, 0.3) is 0 Å². The van der Waals surface area contributed by atoms with E-state index >= 15 is 0 Å². The topological polar surface area (TPSA) is 39.7 Å². The Kier molecular flexibility index (Phi) is 9.55. The molecule has 5 heteroatoms. The summed E-state index contributed by atoms with van der Waals surface area (Å²) in [5, 5.41) is 6.87. The molecule has 0 radical (unpaired) electrons. The highest BCUT2D eigenvalue weighted by atomic mass is 127. The predicted molar refractivity (Wildman–Crippen MR) is 110 cm³/mol. The maximum absolute atomic E-state index is 4.32. The Balaban J connectivity index is 0.00000264. The summed E-state index contributed by atoms with van der Waals surface area (Å²) in [7, 11) is 4.06. The molecule has 1 aromatic rings. The minimum absolute atomic E-state index is 0. The first kappa shape index (κ1) is 20.2. The van der Waals surface area contributed by atoms with Gasteiger partial charge < -0.3 is 15.5 Å². The van der Waals surface area contributed by atoms with Crippen LogP contribution in [0.1, 0.15) is 44.2 Å². The van der Waals surface area contributed by atoms with Crippen molar-refractivity contribution in [1.82, 2.24) is 15.5 Å². The van der Waals surface area contributed by atoms with E-state index in [1.54, 1.807) is 0 Å². The van der Waals surface area contributed by atoms with Crippen LogP contribution in [0.3, 0.4) is 0 Å². The largest absolute Gasteiger partial charge is 0.355 e. The second-order valence-electron chi connectivity index (χ2n) is 6.19. The van der Waals surface area contributed by atoms with E-state index in [0.717, 1.165) is 25.1 Å². The average Bonchev–Trinajstić information content (AvgIpc) is 3.09. The minimum atomic E-state index is 0. The summed E-state index contributed by atoms with van der Waals surface area (Å²) >= 11 is 0. The van der Waals surface area contributed by atoms with Gasteiger partial charge in [-0.2, -0.15) is 0 Å². The number of benzene rings is 1. The lowest BCUT2D eigenvalue weighted by molar-refractivity contribution is 0.249. The molecule has 23 heavy (non-hydrogen) atoms. The van der Waals surface area contributed by atoms with Crippen molar-refractivity contribution >= 4 is 29.9 Å². The molecule has 4 nitrogen and oxygen atoms in total. The first-order valence-electron chi connectivity index (χ1n) is 8.43. The Morgan fingerprint density at radius 3 is 2.52 bits per heavy atom. The van der Waals surface area contributed by atoms with Crippen LogP contribution in [0.2, 0.25) is 0 Å². The van der Waals surface area contributed by atoms with Gasteiger partial charge >= 0.3 is 0 Å². The van der Waals surface area contributed by atoms with Gasteiger partial charge in [0.1, 0.15) is 0 Å². The van der Waals surface area contributed by atoms with E-state index in [1.807, 2.05) is 13.1 Å². The fraction of sp³-hybridized carbons (Fsp3) is 0.611. The molecular weight excluding hydrogens is 399 g/mol. The van der Waals surface area contributed by atoms with E-state index in [4.69, 9.17) is 0 Å². The van der Waals surface area contributed by atoms with Crippen molar-refractivity contribution in [2.24, 2.45) is 4.99 Å². The summed E-state index contributed by atoms with van der Waals surface area (Å²) in [6.07, 6.45) is 5.49. The second-order valence-corrected chi connectivity index (χ2v) is 6.19. The van der Waals surface area contributed by atoms with Crippen LogP contribution in [-0.2, 0) is 0 Å². The molecule has 1 aromatic carbocycles. The number of guanidine groups is 1. The molecule has 0 heterocycles. The van der Waals surface area contributed by atoms with Crippen molar-refractivity contribution in [2.45, 2.75) is 44.7 Å². The standard InChI is InChI=1S/C18H30N4.HI/c1-15(16-9-5-4-6-10-16)21-18(19-2)20-13-14-22(3)17-11-7-8-12-17;/h4-6,9-10,15,17H,7-8,11-14H2,1-3H3,(H2,19,20,21);1H. The first-order valence-corrected chi connectivity index (χ1v) is 8.43. The lowest BCUT2D eigenvalue weighted by atomic mass is 10.1. The number of rotatable bonds is 6. The monoisotopic (exact) mass is 430 g/mol. The van der Waals surface area contributed by atoms with Crippen LogP contribution < -0.4 is 10.6 Å². The fourth-order valence-corrected chi connectivity index (χ4v) is 3.10. The van der Waals surface area contributed by atoms with Crippen LogP contribution in [-0.4, -0.2) is 44.1 Å². The molecule has 1 unspecified atom stereocenters. The lowest BCUT2D eigenvalue weighted by Gasteiger charge is -2.25. The van der Waals surface area contributed by atoms with E-state index in [1.165, 1.54) is 31.2 Å². The van der Waals surface area contributed by atoms with Crippen LogP contribution in [0.5, 0.6) is 0 Å². The van der Waals surface area contributed by atoms with Crippen molar-refractivity contribution in [2.75, 3.05) is 27.2 Å². The van der Waals surface area contributed by atoms with Crippen LogP contribution in [0.25, 0.3) is 0 Å². The zero-order valence-corrected chi connectivity index (χ0v) is 16.9. The molecule has 0 aromatic heterocycles. The van der Waals surface area contributed by atoms with E-state index in [-0.39, 0.29) is 30.0 Å². The molecule has 0 aliphatic heterocycles. The summed E-state index contributed by atoms with van der Waals surface area (Å²) in [6.45, 7) is 4.14. The zero-order chi connectivity index (χ0) is 15.8. The summed E-state index contributed by atoms with van der Waals surface area (Å²) in [4.78, 5) is 6.80. The average molecular weight is 430 g/mol. The highest BCUT2D eigenvalue weighted by Crippen LogP contribution is 2.21. The Bertz CT molecular complexity index is 457. The number of hydrogen-bond acceptors (Lipinski definition) is 2. The van der Waals surface area contributed by atoms with Gasteiger partial charge in [-0.3, -0.25) is 4.99 Å². The number of hydrogen-bond donors (Lipinski definition) is 2. The third-order valence-corrected chi connectivity index (χ3v) is 4.58. The SMILES string of the molecule is CN=C(NCCN(C)C1CCCC1)NC(C)c1ccccc1.I. The van der Waals surface area contributed by atoms with Crippen LogP contribution in [0.4, 0.5) is 0 Å². The van der Waals surface area contributed by atoms with E-state index < -0.39 is 0 Å². The summed E-state index contributed by atoms with van der Waals surface area (Å²) < 4.78 is 0. The molecule has 130 valence electrons. The van der Waals surface area contributed by atoms with Crippen LogP contribution in [0, 0.1) is 0 Å². The van der Waals surface area contributed by atoms with Crippen LogP contribution in [0.15, 0.2) is 35.3 Å². The van der Waals surface area contributed by atoms with Gasteiger partial charge in [-0.1, -0.05) is 43.2 Å². The minimum Gasteiger partial charge on any atom is -0.355 e. The van der Waals surface area contributed by atoms with Crippen LogP contribution >= 0.6 is 24.0 Å². The molecular formula is C18H31IN4. The van der Waals surface area contributed by atoms with E-state index in [0.29, 0.717) is 0 Å². The highest BCUT2D eigenvalue weighted by Gasteiger charge is 2.18. The Morgan fingerprint density at radius 2 is 1.91 bits per heavy atom. The number of halogens is 1. The summed E-state index contributed by atoms with van der Waals surface area (Å²) in [5.41, 5.74) is 1.27. The molecule has 0 saturated heterocycles. The fourth-order valence-electron chi connectivity index (χ4n) is 3.10. The lowest BCUT2D eigenvalue weighted by Crippen LogP contribution is -2.43. The first-order chi connectivity index (χ1) is 10.7. The number of nitrogens with one attached hydrogen (secondary N) is 2. The maximum Gasteiger partial charge on any atom is 0.191 e. The Morgan fingerprint density at radius 1 is 1.26 bits per heavy atom. The molecule has 1 saturated carbocycles. The predicted octanol–water partition coefficient (Wildman–Crippen LogP) is 3.41. The Hall–Kier alpha value is -0.820. The molecule has 1 aliphatic rings. The number of nitrogens with zero attached hydrogens (tertiary/aromatic N) is 2. The van der Waals surface area contributed by atoms with E-state index in [2.05, 4.69) is 58.8 Å². The molecule has 0 amide bonds. The molecule has 0 spiro atoms. The number of likely N-dealkylation sites (N-methyl/N-ethyl adjacent to an activating group) is 1. The van der Waals surface area contributed by atoms with Crippen molar-refractivity contribution in [3.63, 3.8) is 0 Å². The molecule has 1 fully saturated rings. The quantitative estimate of drug-likeness (QED) is 0.413. The van der Waals surface area contributed by atoms with Crippen molar-refractivity contribution in [3.05, 3.63) is 35.9 Å². The number of aliphatic imine (C=N–C) groups is 1. The summed E-state index contributed by atoms with van der Waals surface area (Å²) in [6, 6.07) is 11.5. The second kappa shape index (κ2) is 10.9. The van der Waals surface area contributed by atoms with Gasteiger partial charge in [-0.25, -0.2) is 0 Å². The third kappa shape index (κ3) is 6.67. The van der Waals surface area contributed by atoms with Gasteiger partial charge in [0.15, 0.2) is 5.96 Å². The molecule has 2 rings (SSSR count). The van der Waals surface area contributed by atoms with Crippen molar-refractivity contribution < 1.29 is 0 Å².